The van der Waals surface area contributed by atoms with Gasteiger partial charge in [-0.15, -0.1) is 0 Å². The second-order valence-corrected chi connectivity index (χ2v) is 47.5. The number of esters is 2. The number of rotatable bonds is 42. The van der Waals surface area contributed by atoms with Crippen LogP contribution in [0.2, 0.25) is 0 Å². The third kappa shape index (κ3) is 33.9. The van der Waals surface area contributed by atoms with Crippen molar-refractivity contribution >= 4 is 52.4 Å². The van der Waals surface area contributed by atoms with Gasteiger partial charge in [0.1, 0.15) is 30.0 Å². The van der Waals surface area contributed by atoms with Crippen LogP contribution in [0.25, 0.3) is 0 Å². The van der Waals surface area contributed by atoms with E-state index in [4.69, 9.17) is 28.4 Å². The lowest BCUT2D eigenvalue weighted by molar-refractivity contribution is -0.345. The molecule has 150 heavy (non-hydrogen) atoms. The SMILES string of the molecule is CC(=O)O[C@@]12COC1C[C@H](O)[C@@]1(C)C(=O)[C@H](O)C3=C(C)[C@@H](O)C[C@@](O)([C@@H](OC(=O)c4ccccc4)[C@@H]12)C3(C)C.CC[C@@H](C)C(C)(C)C(=O)C(=O)/C(C)=C(\C)[C@H](C)OC.CC[C@@H](O)C(C)(C)C(=O)C(=O)/C(C)=C(\C)[C@H](C)O.CC[C@H](C)C(C)(C)[C@@H](O)[C@@H](C)/C(C)=C(\C)[C@H](C)OC.CC[C@H](C)C(C)(C)[C@@H](O)[C@@H](O)/C(C)=C(\C)[C@H](C)OC.CC[C@H](O)C(C)(C)C(=O)C(=O)/C(C)=C(\C)[C@H](C)O.CC[C@H](O)C(C)(C)[C@@H](O)[C@@H](C)/C(C)=C(\C)[C@H](C)O. The fourth-order valence-electron chi connectivity index (χ4n) is 19.8. The predicted molar refractivity (Wildman–Crippen MR) is 592 cm³/mol. The molecule has 1 saturated heterocycles. The molecule has 1 aromatic rings. The van der Waals surface area contributed by atoms with E-state index in [9.17, 15) is 115 Å². The van der Waals surface area contributed by atoms with Crippen molar-refractivity contribution < 1.29 is 143 Å². The first-order valence-electron chi connectivity index (χ1n) is 53.9. The van der Waals surface area contributed by atoms with Gasteiger partial charge in [0.05, 0.1) is 120 Å². The van der Waals surface area contributed by atoms with E-state index >= 15 is 0 Å². The van der Waals surface area contributed by atoms with E-state index in [2.05, 4.69) is 69.2 Å². The molecule has 1 heterocycles. The summed E-state index contributed by atoms with van der Waals surface area (Å²) in [7, 11) is 4.97. The van der Waals surface area contributed by atoms with Gasteiger partial charge < -0.3 is 99.9 Å². The average Bonchev–Trinajstić information content (AvgIpc) is 0.667. The maximum atomic E-state index is 14.3. The summed E-state index contributed by atoms with van der Waals surface area (Å²) < 4.78 is 33.6. The Morgan fingerprint density at radius 2 is 0.773 bits per heavy atom. The Morgan fingerprint density at radius 3 is 1.11 bits per heavy atom. The average molecular weight is 2130 g/mol. The molecule has 14 N–H and O–H groups in total. The Labute approximate surface area is 902 Å². The molecule has 1 unspecified atom stereocenters. The second-order valence-electron chi connectivity index (χ2n) is 47.5. The largest absolute Gasteiger partial charge is 0.455 e. The Morgan fingerprint density at radius 1 is 0.433 bits per heavy atom. The van der Waals surface area contributed by atoms with Crippen LogP contribution in [0.4, 0.5) is 0 Å². The van der Waals surface area contributed by atoms with Gasteiger partial charge in [-0.3, -0.25) is 38.4 Å². The number of ketones is 7. The highest BCUT2D eigenvalue weighted by atomic mass is 16.6. The number of aliphatic hydroxyl groups excluding tert-OH is 13. The number of fused-ring (bicyclic) bond motifs is 5. The number of carbonyl (C=O) groups excluding carboxylic acids is 9. The van der Waals surface area contributed by atoms with E-state index < -0.39 is 176 Å². The molecule has 866 valence electrons. The Kier molecular flexibility index (Phi) is 58.3. The third-order valence-electron chi connectivity index (χ3n) is 36.4. The molecule has 0 spiro atoms. The molecule has 2 saturated carbocycles. The monoisotopic (exact) mass is 2130 g/mol. The molecule has 4 aliphatic rings. The summed E-state index contributed by atoms with van der Waals surface area (Å²) in [6, 6.07) is 8.08. The lowest BCUT2D eigenvalue weighted by Crippen LogP contribution is -2.81. The van der Waals surface area contributed by atoms with Crippen LogP contribution in [-0.4, -0.2) is 273 Å². The number of hydrogen-bond donors (Lipinski definition) is 14. The fourth-order valence-corrected chi connectivity index (χ4v) is 19.8. The smallest absolute Gasteiger partial charge is 0.338 e. The van der Waals surface area contributed by atoms with Crippen LogP contribution in [-0.2, 0) is 66.8 Å². The quantitative estimate of drug-likeness (QED) is 0.0125. The fraction of sp³-hybridized carbons (Fsp3) is 0.760. The van der Waals surface area contributed by atoms with Crippen molar-refractivity contribution in [3.8, 4) is 0 Å². The Hall–Kier alpha value is -6.69. The number of benzene rings is 1. The molecule has 5 rings (SSSR count). The molecule has 0 amide bonds. The second kappa shape index (κ2) is 60.2. The van der Waals surface area contributed by atoms with Crippen molar-refractivity contribution in [2.75, 3.05) is 27.9 Å². The van der Waals surface area contributed by atoms with E-state index in [0.29, 0.717) is 53.4 Å². The summed E-state index contributed by atoms with van der Waals surface area (Å²) >= 11 is 0. The molecule has 27 atom stereocenters. The van der Waals surface area contributed by atoms with Gasteiger partial charge in [0.25, 0.3) is 0 Å². The topological polar surface area (TPSA) is 492 Å². The van der Waals surface area contributed by atoms with E-state index in [0.717, 1.165) is 47.1 Å². The molecule has 29 nitrogen and oxygen atoms in total. The molecule has 0 radical (unpaired) electrons. The Balaban J connectivity index is 0. The lowest BCUT2D eigenvalue weighted by Gasteiger charge is -2.67. The van der Waals surface area contributed by atoms with E-state index in [1.807, 2.05) is 118 Å². The van der Waals surface area contributed by atoms with Gasteiger partial charge in [-0.1, -0.05) is 194 Å². The minimum atomic E-state index is -2.07. The minimum Gasteiger partial charge on any atom is -0.455 e. The number of ether oxygens (including phenoxy) is 6. The number of aliphatic hydroxyl groups is 14. The first-order valence-corrected chi connectivity index (χ1v) is 53.9. The number of hydrogen-bond acceptors (Lipinski definition) is 29. The van der Waals surface area contributed by atoms with Crippen molar-refractivity contribution in [1.82, 2.24) is 0 Å². The van der Waals surface area contributed by atoms with Crippen molar-refractivity contribution in [2.24, 2.45) is 78.8 Å². The molecular formula is C121H208O29. The zero-order valence-corrected chi connectivity index (χ0v) is 101. The summed E-state index contributed by atoms with van der Waals surface area (Å²) in [5.41, 5.74) is -1.09. The normalized spacial score (nSPS) is 25.0. The van der Waals surface area contributed by atoms with Crippen LogP contribution < -0.4 is 0 Å². The van der Waals surface area contributed by atoms with E-state index in [1.54, 1.807) is 143 Å². The predicted octanol–water partition coefficient (Wildman–Crippen LogP) is 18.0. The van der Waals surface area contributed by atoms with Crippen LogP contribution in [0.3, 0.4) is 0 Å². The van der Waals surface area contributed by atoms with Gasteiger partial charge >= 0.3 is 11.9 Å². The van der Waals surface area contributed by atoms with Crippen LogP contribution >= 0.6 is 0 Å². The number of allylic oxidation sites excluding steroid dienone is 3. The van der Waals surface area contributed by atoms with E-state index in [1.165, 1.54) is 51.0 Å². The number of methoxy groups -OCH3 is 3. The molecule has 1 aromatic carbocycles. The van der Waals surface area contributed by atoms with Crippen LogP contribution in [0.5, 0.6) is 0 Å². The first-order chi connectivity index (χ1) is 68.1. The van der Waals surface area contributed by atoms with Crippen molar-refractivity contribution in [3.05, 3.63) is 114 Å². The molecular weight excluding hydrogens is 1920 g/mol. The summed E-state index contributed by atoms with van der Waals surface area (Å²) in [4.78, 5) is 113. The van der Waals surface area contributed by atoms with Crippen LogP contribution in [0, 0.1) is 78.8 Å². The van der Waals surface area contributed by atoms with Crippen LogP contribution in [0.15, 0.2) is 108 Å². The highest BCUT2D eigenvalue weighted by Crippen LogP contribution is 2.64. The molecule has 29 heteroatoms. The summed E-state index contributed by atoms with van der Waals surface area (Å²) in [6.45, 7) is 83.9. The third-order valence-corrected chi connectivity index (χ3v) is 36.4. The standard InChI is InChI=1S/C29H36O10.C17H34O2.C16H32O3.C16H28O3.C15H30O3.2C14H24O4/c1-14-17(31)12-29(36)24(38-25(35)16-9-7-6-8-10-16)22-27(5,23(34)21(33)20(14)26(29,3)4)18(32)11-19-28(22,13-37-19)39-15(2)30;1-10-11(2)17(7,8)16(18)14(5)12(3)13(4)15(6)19-9;2*1-9-10(2)16(6,7)15(18)14(17)12(4)11(3)13(5)19-8;1-8-13(17)15(6,7)14(18)11(4)9(2)10(3)12(5)16;2*1-7-11(16)14(5,6)13(18)12(17)9(3)8(2)10(4)15/h6-10,17-19,21-22,24,31-33,36H,11-13H2,1-5H3;11,14-16,18H,10H2,1-9H3;10,13-15,17-18H,9H2,1-8H3;10,13H,9H2,1-8H3;11-14,16-18H,8H2,1-7H3;2*10-11,15-16H,7H2,1-6H3/b;13-12+;2*12-11+;10-9+;2*9-8+/t17-,18-,19?,21+,22-,24-,27+,28-,29+;11-,14-,15-,16-;10-,13-,14-,15-;10-,13+;11-,12-,13-,14-;10-,11+;10-,11-/m0001000/s1. The van der Waals surface area contributed by atoms with Gasteiger partial charge in [-0.05, 0) is 276 Å². The Bertz CT molecular complexity index is 4690. The van der Waals surface area contributed by atoms with Gasteiger partial charge in [0.2, 0.25) is 34.7 Å². The highest BCUT2D eigenvalue weighted by molar-refractivity contribution is 6.46. The maximum Gasteiger partial charge on any atom is 0.338 e. The maximum absolute atomic E-state index is 14.3. The van der Waals surface area contributed by atoms with Crippen molar-refractivity contribution in [3.63, 3.8) is 0 Å². The van der Waals surface area contributed by atoms with Gasteiger partial charge in [-0.2, -0.15) is 0 Å². The van der Waals surface area contributed by atoms with Crippen molar-refractivity contribution in [2.45, 2.75) is 491 Å². The first kappa shape index (κ1) is 145. The zero-order valence-electron chi connectivity index (χ0n) is 101. The van der Waals surface area contributed by atoms with Crippen molar-refractivity contribution in [1.29, 1.82) is 0 Å². The van der Waals surface area contributed by atoms with E-state index in [-0.39, 0.29) is 106 Å². The van der Waals surface area contributed by atoms with Gasteiger partial charge in [0.15, 0.2) is 11.4 Å². The zero-order chi connectivity index (χ0) is 119. The highest BCUT2D eigenvalue weighted by Gasteiger charge is 2.78. The number of carbonyl (C=O) groups is 9. The molecule has 3 aliphatic carbocycles. The van der Waals surface area contributed by atoms with Gasteiger partial charge in [-0.25, -0.2) is 4.79 Å². The lowest BCUT2D eigenvalue weighted by atomic mass is 9.44. The molecule has 0 aromatic heterocycles. The summed E-state index contributed by atoms with van der Waals surface area (Å²) in [6.07, 6.45) is -9.82. The minimum absolute atomic E-state index is 0.0476. The molecule has 2 bridgehead atoms. The molecule has 1 aliphatic heterocycles. The van der Waals surface area contributed by atoms with Gasteiger partial charge in [0, 0.05) is 85.9 Å². The summed E-state index contributed by atoms with van der Waals surface area (Å²) in [5.74, 6) is -5.71. The summed E-state index contributed by atoms with van der Waals surface area (Å²) in [5, 5.41) is 147. The van der Waals surface area contributed by atoms with Crippen LogP contribution in [0.1, 0.15) is 380 Å². The number of Topliss-reactive ketones (excluding diaryl/α,β-unsaturated/α-hetero) is 7. The molecule has 3 fully saturated rings.